The lowest BCUT2D eigenvalue weighted by molar-refractivity contribution is -0.143. The van der Waals surface area contributed by atoms with Gasteiger partial charge in [0.05, 0.1) is 11.1 Å². The highest BCUT2D eigenvalue weighted by atomic mass is 79.9. The highest BCUT2D eigenvalue weighted by Gasteiger charge is 2.32. The number of aliphatic hydroxyl groups excluding tert-OH is 1. The van der Waals surface area contributed by atoms with E-state index in [-0.39, 0.29) is 18.1 Å². The Morgan fingerprint density at radius 1 is 1.14 bits per heavy atom. The van der Waals surface area contributed by atoms with Crippen LogP contribution in [0.25, 0.3) is 0 Å². The molecule has 1 aliphatic rings. The average molecular weight is 547 g/mol. The molecule has 6 heteroatoms. The fraction of sp³-hybridized carbons (Fsp3) is 0.552. The second kappa shape index (κ2) is 13.4. The first-order chi connectivity index (χ1) is 16.9. The zero-order valence-corrected chi connectivity index (χ0v) is 22.9. The van der Waals surface area contributed by atoms with E-state index in [1.165, 1.54) is 11.1 Å². The zero-order chi connectivity index (χ0) is 25.3. The van der Waals surface area contributed by atoms with Crippen LogP contribution in [0, 0.1) is 5.92 Å². The quantitative estimate of drug-likeness (QED) is 0.301. The molecule has 0 radical (unpaired) electrons. The summed E-state index contributed by atoms with van der Waals surface area (Å²) in [7, 11) is 0. The van der Waals surface area contributed by atoms with E-state index in [0.717, 1.165) is 42.1 Å². The number of ether oxygens (including phenoxy) is 2. The lowest BCUT2D eigenvalue weighted by Gasteiger charge is -2.36. The Labute approximate surface area is 218 Å². The summed E-state index contributed by atoms with van der Waals surface area (Å²) in [5, 5.41) is 14.4. The number of rotatable bonds is 14. The maximum absolute atomic E-state index is 11.6. The lowest BCUT2D eigenvalue weighted by atomic mass is 9.81. The maximum Gasteiger partial charge on any atom is 0.306 e. The molecule has 0 unspecified atom stereocenters. The first-order valence-corrected chi connectivity index (χ1v) is 13.7. The van der Waals surface area contributed by atoms with Crippen molar-refractivity contribution in [2.45, 2.75) is 77.4 Å². The number of carbonyl (C=O) groups excluding carboxylic acids is 1. The van der Waals surface area contributed by atoms with Crippen molar-refractivity contribution in [1.29, 1.82) is 0 Å². The Balaban J connectivity index is 1.49. The highest BCUT2D eigenvalue weighted by Crippen LogP contribution is 2.34. The zero-order valence-electron chi connectivity index (χ0n) is 21.3. The van der Waals surface area contributed by atoms with Gasteiger partial charge < -0.3 is 19.9 Å². The van der Waals surface area contributed by atoms with Crippen LogP contribution in [0.4, 0.5) is 0 Å². The maximum atomic E-state index is 11.6. The summed E-state index contributed by atoms with van der Waals surface area (Å²) in [5.74, 6) is 1.11. The van der Waals surface area contributed by atoms with E-state index in [0.29, 0.717) is 37.7 Å². The van der Waals surface area contributed by atoms with Gasteiger partial charge in [-0.2, -0.15) is 0 Å². The van der Waals surface area contributed by atoms with Crippen molar-refractivity contribution in [1.82, 2.24) is 5.32 Å². The molecular formula is C29H40BrNO4. The molecule has 1 aliphatic carbocycles. The topological polar surface area (TPSA) is 67.8 Å². The summed E-state index contributed by atoms with van der Waals surface area (Å²) in [5.41, 5.74) is 3.99. The number of hydrogen-bond acceptors (Lipinski definition) is 5. The van der Waals surface area contributed by atoms with Gasteiger partial charge >= 0.3 is 5.97 Å². The van der Waals surface area contributed by atoms with E-state index >= 15 is 0 Å². The van der Waals surface area contributed by atoms with Crippen LogP contribution < -0.4 is 10.1 Å². The van der Waals surface area contributed by atoms with Gasteiger partial charge in [0.1, 0.15) is 18.5 Å². The molecule has 1 atom stereocenters. The number of nitrogens with one attached hydrogen (secondary N) is 1. The number of carbonyl (C=O) groups is 1. The van der Waals surface area contributed by atoms with Gasteiger partial charge in [-0.1, -0.05) is 44.2 Å². The van der Waals surface area contributed by atoms with E-state index in [1.807, 2.05) is 25.1 Å². The molecule has 0 saturated carbocycles. The molecule has 0 fully saturated rings. The van der Waals surface area contributed by atoms with Crippen LogP contribution in [0.3, 0.4) is 0 Å². The van der Waals surface area contributed by atoms with E-state index < -0.39 is 6.10 Å². The van der Waals surface area contributed by atoms with Crippen molar-refractivity contribution >= 4 is 21.9 Å². The molecular weight excluding hydrogens is 506 g/mol. The molecule has 2 N–H and O–H groups in total. The Morgan fingerprint density at radius 2 is 1.83 bits per heavy atom. The minimum atomic E-state index is -0.622. The van der Waals surface area contributed by atoms with E-state index in [1.54, 1.807) is 0 Å². The van der Waals surface area contributed by atoms with Crippen molar-refractivity contribution in [3.05, 3.63) is 63.6 Å². The molecule has 0 saturated heterocycles. The minimum absolute atomic E-state index is 0.0152. The molecule has 3 rings (SSSR count). The highest BCUT2D eigenvalue weighted by molar-refractivity contribution is 9.10. The normalized spacial score (nSPS) is 14.5. The largest absolute Gasteiger partial charge is 0.490 e. The lowest BCUT2D eigenvalue weighted by Crippen LogP contribution is -2.49. The number of fused-ring (bicyclic) bond motifs is 1. The second-order valence-corrected chi connectivity index (χ2v) is 10.5. The Hall–Kier alpha value is -1.89. The average Bonchev–Trinajstić information content (AvgIpc) is 3.27. The van der Waals surface area contributed by atoms with Crippen LogP contribution in [0.5, 0.6) is 5.75 Å². The molecule has 2 aromatic rings. The molecule has 192 valence electrons. The predicted molar refractivity (Wildman–Crippen MR) is 144 cm³/mol. The predicted octanol–water partition coefficient (Wildman–Crippen LogP) is 5.64. The first-order valence-electron chi connectivity index (χ1n) is 12.9. The van der Waals surface area contributed by atoms with Crippen LogP contribution in [0.1, 0.15) is 63.1 Å². The van der Waals surface area contributed by atoms with Gasteiger partial charge in [0, 0.05) is 18.5 Å². The van der Waals surface area contributed by atoms with Gasteiger partial charge in [0.15, 0.2) is 0 Å². The Bertz CT molecular complexity index is 934. The third kappa shape index (κ3) is 8.06. The summed E-state index contributed by atoms with van der Waals surface area (Å²) in [6, 6.07) is 14.6. The molecule has 0 aliphatic heterocycles. The molecule has 0 heterocycles. The third-order valence-electron chi connectivity index (χ3n) is 7.23. The van der Waals surface area contributed by atoms with Crippen molar-refractivity contribution in [2.75, 3.05) is 19.8 Å². The van der Waals surface area contributed by atoms with Crippen molar-refractivity contribution in [2.24, 2.45) is 5.92 Å². The molecule has 0 amide bonds. The van der Waals surface area contributed by atoms with E-state index in [9.17, 15) is 9.90 Å². The fourth-order valence-corrected chi connectivity index (χ4v) is 5.44. The molecule has 0 bridgehead atoms. The van der Waals surface area contributed by atoms with Crippen LogP contribution >= 0.6 is 15.9 Å². The molecule has 2 aromatic carbocycles. The monoisotopic (exact) mass is 545 g/mol. The Morgan fingerprint density at radius 3 is 2.46 bits per heavy atom. The number of β-amino-alcohol motifs (C(OH)–C–C–N with tert-alkyl or cyclic N) is 1. The van der Waals surface area contributed by atoms with Crippen molar-refractivity contribution in [3.63, 3.8) is 0 Å². The summed E-state index contributed by atoms with van der Waals surface area (Å²) in [4.78, 5) is 11.6. The second-order valence-electron chi connectivity index (χ2n) is 9.65. The number of aryl methyl sites for hydroxylation is 1. The number of esters is 1. The van der Waals surface area contributed by atoms with Crippen LogP contribution in [0.2, 0.25) is 0 Å². The smallest absolute Gasteiger partial charge is 0.306 e. The number of aliphatic hydroxyl groups is 1. The van der Waals surface area contributed by atoms with Gasteiger partial charge in [-0.3, -0.25) is 4.79 Å². The number of hydrogen-bond donors (Lipinski definition) is 2. The molecule has 35 heavy (non-hydrogen) atoms. The number of benzene rings is 2. The van der Waals surface area contributed by atoms with Crippen LogP contribution in [-0.2, 0) is 28.8 Å². The third-order valence-corrected chi connectivity index (χ3v) is 7.89. The van der Waals surface area contributed by atoms with Crippen molar-refractivity contribution < 1.29 is 19.4 Å². The van der Waals surface area contributed by atoms with Crippen LogP contribution in [0.15, 0.2) is 46.9 Å². The first kappa shape index (κ1) is 27.7. The SMILES string of the molecule is CCOC(=O)CCc1ccc(Br)c(OC[C@H](O)CNC(CC)(CC)CC2Cc3ccccc3C2)c1. The fourth-order valence-electron chi connectivity index (χ4n) is 5.08. The molecule has 0 spiro atoms. The van der Waals surface area contributed by atoms with E-state index in [2.05, 4.69) is 59.4 Å². The molecule has 0 aromatic heterocycles. The summed E-state index contributed by atoms with van der Waals surface area (Å²) in [6.07, 6.45) is 5.75. The van der Waals surface area contributed by atoms with Crippen LogP contribution in [-0.4, -0.2) is 42.5 Å². The minimum Gasteiger partial charge on any atom is -0.490 e. The molecule has 5 nitrogen and oxygen atoms in total. The van der Waals surface area contributed by atoms with Gasteiger partial charge in [-0.25, -0.2) is 0 Å². The van der Waals surface area contributed by atoms with Gasteiger partial charge in [-0.05, 0) is 96.1 Å². The van der Waals surface area contributed by atoms with E-state index in [4.69, 9.17) is 9.47 Å². The number of halogens is 1. The van der Waals surface area contributed by atoms with Gasteiger partial charge in [-0.15, -0.1) is 0 Å². The standard InChI is InChI=1S/C29H40BrNO4/c1-4-29(5-2,18-22-15-23-9-7-8-10-24(23)16-22)31-19-25(32)20-35-27-17-21(11-13-26(27)30)12-14-28(33)34-6-3/h7-11,13,17,22,25,31-32H,4-6,12,14-16,18-20H2,1-3H3/t25-/m1/s1. The van der Waals surface area contributed by atoms with Gasteiger partial charge in [0.25, 0.3) is 0 Å². The summed E-state index contributed by atoms with van der Waals surface area (Å²) in [6.45, 7) is 7.36. The van der Waals surface area contributed by atoms with Crippen molar-refractivity contribution in [3.8, 4) is 5.75 Å². The van der Waals surface area contributed by atoms with Gasteiger partial charge in [0.2, 0.25) is 0 Å². The Kier molecular flexibility index (Phi) is 10.6. The summed E-state index contributed by atoms with van der Waals surface area (Å²) >= 11 is 3.53. The summed E-state index contributed by atoms with van der Waals surface area (Å²) < 4.78 is 11.8.